The van der Waals surface area contributed by atoms with Gasteiger partial charge in [0.25, 0.3) is 0 Å². The molecule has 7 heteroatoms. The third-order valence-electron chi connectivity index (χ3n) is 4.84. The van der Waals surface area contributed by atoms with Crippen LogP contribution >= 0.6 is 11.8 Å². The Hall–Kier alpha value is -2.12. The number of benzene rings is 1. The average molecular weight is 388 g/mol. The lowest BCUT2D eigenvalue weighted by Gasteiger charge is -2.23. The van der Waals surface area contributed by atoms with E-state index in [0.717, 1.165) is 42.6 Å². The molecule has 144 valence electrons. The SMILES string of the molecule is CN(C(=O)CSc1nc(=O)n(CCCO)c2c1CCCC2)c1ccccc1. The number of aromatic nitrogens is 2. The van der Waals surface area contributed by atoms with Gasteiger partial charge in [0.15, 0.2) is 0 Å². The zero-order valence-corrected chi connectivity index (χ0v) is 16.4. The highest BCUT2D eigenvalue weighted by molar-refractivity contribution is 8.00. The second-order valence-electron chi connectivity index (χ2n) is 6.64. The first-order valence-electron chi connectivity index (χ1n) is 9.29. The Balaban J connectivity index is 1.78. The largest absolute Gasteiger partial charge is 0.396 e. The van der Waals surface area contributed by atoms with Gasteiger partial charge >= 0.3 is 5.69 Å². The zero-order chi connectivity index (χ0) is 19.2. The number of thioether (sulfide) groups is 1. The first-order valence-corrected chi connectivity index (χ1v) is 10.3. The Morgan fingerprint density at radius 1 is 1.26 bits per heavy atom. The number of carbonyl (C=O) groups excluding carboxylic acids is 1. The van der Waals surface area contributed by atoms with Gasteiger partial charge in [-0.1, -0.05) is 30.0 Å². The molecular weight excluding hydrogens is 362 g/mol. The highest BCUT2D eigenvalue weighted by Gasteiger charge is 2.21. The molecule has 0 spiro atoms. The molecular formula is C20H25N3O3S. The normalized spacial score (nSPS) is 13.3. The van der Waals surface area contributed by atoms with Crippen LogP contribution < -0.4 is 10.6 Å². The van der Waals surface area contributed by atoms with Crippen LogP contribution in [0.25, 0.3) is 0 Å². The van der Waals surface area contributed by atoms with Crippen LogP contribution in [0.5, 0.6) is 0 Å². The molecule has 1 amide bonds. The zero-order valence-electron chi connectivity index (χ0n) is 15.6. The van der Waals surface area contributed by atoms with Gasteiger partial charge in [-0.2, -0.15) is 4.98 Å². The summed E-state index contributed by atoms with van der Waals surface area (Å²) in [7, 11) is 1.76. The quantitative estimate of drug-likeness (QED) is 0.583. The van der Waals surface area contributed by atoms with E-state index in [1.54, 1.807) is 16.5 Å². The van der Waals surface area contributed by atoms with Gasteiger partial charge in [0, 0.05) is 37.1 Å². The van der Waals surface area contributed by atoms with Crippen molar-refractivity contribution in [2.75, 3.05) is 24.3 Å². The van der Waals surface area contributed by atoms with Crippen molar-refractivity contribution in [1.82, 2.24) is 9.55 Å². The summed E-state index contributed by atoms with van der Waals surface area (Å²) < 4.78 is 1.70. The van der Waals surface area contributed by atoms with E-state index < -0.39 is 0 Å². The predicted octanol–water partition coefficient (Wildman–Crippen LogP) is 2.26. The molecule has 1 aromatic heterocycles. The van der Waals surface area contributed by atoms with Crippen molar-refractivity contribution >= 4 is 23.4 Å². The standard InChI is InChI=1S/C20H25N3O3S/c1-22(15-8-3-2-4-9-15)18(25)14-27-19-16-10-5-6-11-17(16)23(12-7-13-24)20(26)21-19/h2-4,8-9,24H,5-7,10-14H2,1H3. The van der Waals surface area contributed by atoms with Gasteiger partial charge in [-0.3, -0.25) is 9.36 Å². The molecule has 1 aliphatic rings. The van der Waals surface area contributed by atoms with Crippen LogP contribution in [0.1, 0.15) is 30.5 Å². The topological polar surface area (TPSA) is 75.4 Å². The van der Waals surface area contributed by atoms with Crippen molar-refractivity contribution in [3.05, 3.63) is 52.1 Å². The Bertz CT molecular complexity index is 852. The number of aliphatic hydroxyl groups is 1. The average Bonchev–Trinajstić information content (AvgIpc) is 2.71. The van der Waals surface area contributed by atoms with Crippen LogP contribution in [0.3, 0.4) is 0 Å². The Morgan fingerprint density at radius 2 is 2.00 bits per heavy atom. The van der Waals surface area contributed by atoms with Gasteiger partial charge in [0.05, 0.1) is 5.75 Å². The van der Waals surface area contributed by atoms with Gasteiger partial charge in [0.1, 0.15) is 5.03 Å². The summed E-state index contributed by atoms with van der Waals surface area (Å²) in [6, 6.07) is 9.50. The number of aliphatic hydroxyl groups excluding tert-OH is 1. The molecule has 0 radical (unpaired) electrons. The van der Waals surface area contributed by atoms with Gasteiger partial charge in [-0.05, 0) is 44.2 Å². The smallest absolute Gasteiger partial charge is 0.348 e. The number of carbonyl (C=O) groups is 1. The molecule has 6 nitrogen and oxygen atoms in total. The van der Waals surface area contributed by atoms with Crippen LogP contribution in [0.2, 0.25) is 0 Å². The number of hydrogen-bond acceptors (Lipinski definition) is 5. The van der Waals surface area contributed by atoms with Crippen molar-refractivity contribution in [1.29, 1.82) is 0 Å². The molecule has 0 bridgehead atoms. The molecule has 1 aliphatic carbocycles. The van der Waals surface area contributed by atoms with Crippen molar-refractivity contribution in [3.63, 3.8) is 0 Å². The molecule has 2 aromatic rings. The monoisotopic (exact) mass is 387 g/mol. The number of para-hydroxylation sites is 1. The second-order valence-corrected chi connectivity index (χ2v) is 7.60. The maximum atomic E-state index is 12.5. The predicted molar refractivity (Wildman–Crippen MR) is 107 cm³/mol. The fraction of sp³-hybridized carbons (Fsp3) is 0.450. The van der Waals surface area contributed by atoms with Crippen molar-refractivity contribution in [2.45, 2.75) is 43.7 Å². The minimum absolute atomic E-state index is 0.0259. The molecule has 1 heterocycles. The summed E-state index contributed by atoms with van der Waals surface area (Å²) in [5.41, 5.74) is 2.69. The molecule has 1 aromatic carbocycles. The van der Waals surface area contributed by atoms with Gasteiger partial charge < -0.3 is 10.0 Å². The fourth-order valence-electron chi connectivity index (χ4n) is 3.35. The maximum Gasteiger partial charge on any atom is 0.348 e. The molecule has 0 unspecified atom stereocenters. The van der Waals surface area contributed by atoms with Gasteiger partial charge in [0.2, 0.25) is 5.91 Å². The lowest BCUT2D eigenvalue weighted by atomic mass is 9.97. The molecule has 0 saturated heterocycles. The second kappa shape index (κ2) is 9.19. The number of amides is 1. The highest BCUT2D eigenvalue weighted by atomic mass is 32.2. The van der Waals surface area contributed by atoms with Gasteiger partial charge in [-0.15, -0.1) is 0 Å². The van der Waals surface area contributed by atoms with E-state index in [1.807, 2.05) is 30.3 Å². The highest BCUT2D eigenvalue weighted by Crippen LogP contribution is 2.29. The van der Waals surface area contributed by atoms with E-state index in [-0.39, 0.29) is 24.0 Å². The molecule has 3 rings (SSSR count). The van der Waals surface area contributed by atoms with Crippen LogP contribution in [0.15, 0.2) is 40.2 Å². The maximum absolute atomic E-state index is 12.5. The summed E-state index contributed by atoms with van der Waals surface area (Å²) >= 11 is 1.35. The lowest BCUT2D eigenvalue weighted by Crippen LogP contribution is -2.31. The fourth-order valence-corrected chi connectivity index (χ4v) is 4.34. The minimum Gasteiger partial charge on any atom is -0.396 e. The van der Waals surface area contributed by atoms with E-state index >= 15 is 0 Å². The van der Waals surface area contributed by atoms with Crippen LogP contribution in [-0.4, -0.2) is 40.0 Å². The first-order chi connectivity index (χ1) is 13.1. The number of nitrogens with zero attached hydrogens (tertiary/aromatic N) is 3. The van der Waals surface area contributed by atoms with Crippen molar-refractivity contribution < 1.29 is 9.90 Å². The number of hydrogen-bond donors (Lipinski definition) is 1. The molecule has 1 N–H and O–H groups in total. The number of anilines is 1. The van der Waals surface area contributed by atoms with E-state index in [9.17, 15) is 9.59 Å². The Kier molecular flexibility index (Phi) is 6.68. The molecule has 27 heavy (non-hydrogen) atoms. The molecule has 0 atom stereocenters. The van der Waals surface area contributed by atoms with Gasteiger partial charge in [-0.25, -0.2) is 4.79 Å². The van der Waals surface area contributed by atoms with E-state index in [4.69, 9.17) is 5.11 Å². The lowest BCUT2D eigenvalue weighted by molar-refractivity contribution is -0.115. The third kappa shape index (κ3) is 4.59. The summed E-state index contributed by atoms with van der Waals surface area (Å²) in [6.45, 7) is 0.545. The Labute approximate surface area is 163 Å². The third-order valence-corrected chi connectivity index (χ3v) is 5.84. The van der Waals surface area contributed by atoms with E-state index in [0.29, 0.717) is 18.0 Å². The first kappa shape index (κ1) is 19.6. The van der Waals surface area contributed by atoms with Crippen LogP contribution in [0, 0.1) is 0 Å². The van der Waals surface area contributed by atoms with Crippen LogP contribution in [-0.2, 0) is 24.2 Å². The number of fused-ring (bicyclic) bond motifs is 1. The molecule has 0 fully saturated rings. The summed E-state index contributed by atoms with van der Waals surface area (Å²) in [6.07, 6.45) is 4.39. The van der Waals surface area contributed by atoms with E-state index in [2.05, 4.69) is 4.98 Å². The molecule has 0 aliphatic heterocycles. The summed E-state index contributed by atoms with van der Waals surface area (Å²) in [4.78, 5) is 30.9. The van der Waals surface area contributed by atoms with E-state index in [1.165, 1.54) is 11.8 Å². The number of rotatable bonds is 7. The summed E-state index contributed by atoms with van der Waals surface area (Å²) in [5.74, 6) is 0.215. The van der Waals surface area contributed by atoms with Crippen molar-refractivity contribution in [3.8, 4) is 0 Å². The summed E-state index contributed by atoms with van der Waals surface area (Å²) in [5, 5.41) is 9.77. The molecule has 0 saturated carbocycles. The Morgan fingerprint density at radius 3 is 2.74 bits per heavy atom. The minimum atomic E-state index is -0.282. The van der Waals surface area contributed by atoms with Crippen molar-refractivity contribution in [2.24, 2.45) is 0 Å². The van der Waals surface area contributed by atoms with Crippen LogP contribution in [0.4, 0.5) is 5.69 Å².